The van der Waals surface area contributed by atoms with Crippen LogP contribution in [0.3, 0.4) is 0 Å². The third-order valence-corrected chi connectivity index (χ3v) is 5.10. The Kier molecular flexibility index (Phi) is 3.49. The van der Waals surface area contributed by atoms with Crippen LogP contribution >= 0.6 is 0 Å². The molecule has 0 aromatic carbocycles. The fourth-order valence-electron chi connectivity index (χ4n) is 2.13. The first-order valence-electron chi connectivity index (χ1n) is 6.00. The van der Waals surface area contributed by atoms with Crippen LogP contribution < -0.4 is 10.6 Å². The molecule has 1 aromatic rings. The number of hydrogen-bond donors (Lipinski definition) is 2. The lowest BCUT2D eigenvalue weighted by atomic mass is 10.0. The van der Waals surface area contributed by atoms with Crippen LogP contribution in [-0.4, -0.2) is 43.4 Å². The Morgan fingerprint density at radius 3 is 2.63 bits per heavy atom. The largest absolute Gasteiger partial charge is 0.373 e. The molecule has 19 heavy (non-hydrogen) atoms. The zero-order valence-electron chi connectivity index (χ0n) is 10.9. The fourth-order valence-corrected chi connectivity index (χ4v) is 4.22. The Hall–Kier alpha value is -1.63. The summed E-state index contributed by atoms with van der Waals surface area (Å²) in [4.78, 5) is 16.1. The molecule has 1 aliphatic rings. The van der Waals surface area contributed by atoms with Gasteiger partial charge in [0.25, 0.3) is 5.91 Å². The first-order valence-corrected chi connectivity index (χ1v) is 7.82. The molecule has 0 bridgehead atoms. The van der Waals surface area contributed by atoms with Gasteiger partial charge in [0.1, 0.15) is 5.82 Å². The number of carbonyl (C=O) groups is 1. The lowest BCUT2D eigenvalue weighted by Crippen LogP contribution is -2.46. The van der Waals surface area contributed by atoms with Crippen molar-refractivity contribution in [1.82, 2.24) is 10.3 Å². The van der Waals surface area contributed by atoms with Gasteiger partial charge in [-0.25, -0.2) is 13.4 Å². The van der Waals surface area contributed by atoms with E-state index >= 15 is 0 Å². The van der Waals surface area contributed by atoms with Crippen molar-refractivity contribution in [3.05, 3.63) is 23.9 Å². The summed E-state index contributed by atoms with van der Waals surface area (Å²) in [7, 11) is -1.29. The van der Waals surface area contributed by atoms with Crippen molar-refractivity contribution < 1.29 is 13.2 Å². The quantitative estimate of drug-likeness (QED) is 0.840. The number of aromatic nitrogens is 1. The minimum absolute atomic E-state index is 0.00618. The van der Waals surface area contributed by atoms with E-state index in [0.29, 0.717) is 17.8 Å². The molecule has 6 nitrogen and oxygen atoms in total. The molecule has 1 fully saturated rings. The van der Waals surface area contributed by atoms with Crippen molar-refractivity contribution in [2.45, 2.75) is 18.9 Å². The number of sulfone groups is 1. The van der Waals surface area contributed by atoms with Gasteiger partial charge in [0.2, 0.25) is 0 Å². The number of amides is 1. The van der Waals surface area contributed by atoms with Crippen molar-refractivity contribution in [3.63, 3.8) is 0 Å². The fraction of sp³-hybridized carbons (Fsp3) is 0.500. The minimum Gasteiger partial charge on any atom is -0.373 e. The lowest BCUT2D eigenvalue weighted by molar-refractivity contribution is 0.0915. The molecule has 0 spiro atoms. The minimum atomic E-state index is -3.03. The van der Waals surface area contributed by atoms with E-state index in [-0.39, 0.29) is 17.4 Å². The summed E-state index contributed by atoms with van der Waals surface area (Å²) in [6, 6.07) is 3.35. The summed E-state index contributed by atoms with van der Waals surface area (Å²) in [5.74, 6) is 0.495. The molecule has 7 heteroatoms. The molecule has 104 valence electrons. The van der Waals surface area contributed by atoms with Crippen molar-refractivity contribution >= 4 is 21.6 Å². The van der Waals surface area contributed by atoms with Crippen LogP contribution in [0.5, 0.6) is 0 Å². The number of nitrogens with zero attached hydrogens (tertiary/aromatic N) is 1. The van der Waals surface area contributed by atoms with Gasteiger partial charge in [-0.05, 0) is 25.5 Å². The third kappa shape index (κ3) is 3.23. The molecule has 0 radical (unpaired) electrons. The van der Waals surface area contributed by atoms with E-state index < -0.39 is 15.4 Å². The molecular weight excluding hydrogens is 266 g/mol. The molecule has 0 saturated carbocycles. The SMILES string of the molecule is CNc1ccc(C(=O)NC2(C)CCS(=O)(=O)C2)cn1. The van der Waals surface area contributed by atoms with Crippen LogP contribution in [0.25, 0.3) is 0 Å². The zero-order valence-corrected chi connectivity index (χ0v) is 11.8. The highest BCUT2D eigenvalue weighted by Gasteiger charge is 2.39. The predicted octanol–water partition coefficient (Wildman–Crippen LogP) is 0.430. The molecule has 1 unspecified atom stereocenters. The number of anilines is 1. The maximum Gasteiger partial charge on any atom is 0.253 e. The Morgan fingerprint density at radius 1 is 1.42 bits per heavy atom. The molecule has 1 aromatic heterocycles. The van der Waals surface area contributed by atoms with Crippen LogP contribution in [0.2, 0.25) is 0 Å². The highest BCUT2D eigenvalue weighted by Crippen LogP contribution is 2.23. The Labute approximate surface area is 112 Å². The average molecular weight is 283 g/mol. The van der Waals surface area contributed by atoms with Crippen LogP contribution in [0.1, 0.15) is 23.7 Å². The van der Waals surface area contributed by atoms with Gasteiger partial charge < -0.3 is 10.6 Å². The van der Waals surface area contributed by atoms with Gasteiger partial charge >= 0.3 is 0 Å². The van der Waals surface area contributed by atoms with Gasteiger partial charge in [-0.2, -0.15) is 0 Å². The van der Waals surface area contributed by atoms with Crippen molar-refractivity contribution in [2.75, 3.05) is 23.9 Å². The lowest BCUT2D eigenvalue weighted by Gasteiger charge is -2.23. The molecule has 1 atom stereocenters. The monoisotopic (exact) mass is 283 g/mol. The van der Waals surface area contributed by atoms with E-state index in [1.807, 2.05) is 0 Å². The van der Waals surface area contributed by atoms with Gasteiger partial charge in [-0.15, -0.1) is 0 Å². The smallest absolute Gasteiger partial charge is 0.253 e. The highest BCUT2D eigenvalue weighted by molar-refractivity contribution is 7.91. The van der Waals surface area contributed by atoms with Crippen molar-refractivity contribution in [3.8, 4) is 0 Å². The first kappa shape index (κ1) is 13.8. The molecular formula is C12H17N3O3S. The van der Waals surface area contributed by atoms with Crippen LogP contribution in [-0.2, 0) is 9.84 Å². The van der Waals surface area contributed by atoms with Gasteiger partial charge in [-0.1, -0.05) is 0 Å². The second-order valence-electron chi connectivity index (χ2n) is 5.04. The van der Waals surface area contributed by atoms with E-state index in [4.69, 9.17) is 0 Å². The van der Waals surface area contributed by atoms with Crippen molar-refractivity contribution in [2.24, 2.45) is 0 Å². The Balaban J connectivity index is 2.08. The second kappa shape index (κ2) is 4.80. The molecule has 1 saturated heterocycles. The van der Waals surface area contributed by atoms with Crippen LogP contribution in [0, 0.1) is 0 Å². The zero-order chi connectivity index (χ0) is 14.1. The van der Waals surface area contributed by atoms with Gasteiger partial charge in [0, 0.05) is 13.2 Å². The maximum atomic E-state index is 12.1. The highest BCUT2D eigenvalue weighted by atomic mass is 32.2. The number of rotatable bonds is 3. The standard InChI is InChI=1S/C12H17N3O3S/c1-12(5-6-19(17,18)8-12)15-11(16)9-3-4-10(13-2)14-7-9/h3-4,7H,5-6,8H2,1-2H3,(H,13,14)(H,15,16). The third-order valence-electron chi connectivity index (χ3n) is 3.20. The van der Waals surface area contributed by atoms with E-state index in [9.17, 15) is 13.2 Å². The number of carbonyl (C=O) groups excluding carboxylic acids is 1. The summed E-state index contributed by atoms with van der Waals surface area (Å²) in [6.45, 7) is 1.75. The Morgan fingerprint density at radius 2 is 2.16 bits per heavy atom. The van der Waals surface area contributed by atoms with Crippen LogP contribution in [0.4, 0.5) is 5.82 Å². The number of pyridine rings is 1. The molecule has 2 heterocycles. The number of hydrogen-bond acceptors (Lipinski definition) is 5. The summed E-state index contributed by atoms with van der Waals surface area (Å²) in [5, 5.41) is 5.65. The Bertz CT molecular complexity index is 583. The summed E-state index contributed by atoms with van der Waals surface area (Å²) in [5.41, 5.74) is -0.262. The normalized spacial score (nSPS) is 24.9. The average Bonchev–Trinajstić information content (AvgIpc) is 2.63. The van der Waals surface area contributed by atoms with Gasteiger partial charge in [0.15, 0.2) is 9.84 Å². The van der Waals surface area contributed by atoms with Gasteiger partial charge in [-0.3, -0.25) is 4.79 Å². The summed E-state index contributed by atoms with van der Waals surface area (Å²) >= 11 is 0. The van der Waals surface area contributed by atoms with Crippen LogP contribution in [0.15, 0.2) is 18.3 Å². The van der Waals surface area contributed by atoms with E-state index in [0.717, 1.165) is 0 Å². The van der Waals surface area contributed by atoms with E-state index in [1.165, 1.54) is 6.20 Å². The van der Waals surface area contributed by atoms with Crippen molar-refractivity contribution in [1.29, 1.82) is 0 Å². The van der Waals surface area contributed by atoms with Gasteiger partial charge in [0.05, 0.1) is 22.6 Å². The molecule has 1 aliphatic heterocycles. The van der Waals surface area contributed by atoms with E-state index in [2.05, 4.69) is 15.6 Å². The molecule has 2 N–H and O–H groups in total. The number of nitrogens with one attached hydrogen (secondary N) is 2. The van der Waals surface area contributed by atoms with E-state index in [1.54, 1.807) is 26.1 Å². The second-order valence-corrected chi connectivity index (χ2v) is 7.22. The summed E-state index contributed by atoms with van der Waals surface area (Å²) < 4.78 is 23.0. The first-order chi connectivity index (χ1) is 8.84. The summed E-state index contributed by atoms with van der Waals surface area (Å²) in [6.07, 6.45) is 1.91. The topological polar surface area (TPSA) is 88.2 Å². The predicted molar refractivity (Wildman–Crippen MR) is 72.9 cm³/mol. The molecule has 0 aliphatic carbocycles. The molecule has 1 amide bonds. The maximum absolute atomic E-state index is 12.1. The molecule has 2 rings (SSSR count).